The molecule has 1 aromatic heterocycles. The van der Waals surface area contributed by atoms with Crippen molar-refractivity contribution in [3.05, 3.63) is 16.1 Å². The second-order valence-electron chi connectivity index (χ2n) is 5.70. The third-order valence-corrected chi connectivity index (χ3v) is 5.46. The van der Waals surface area contributed by atoms with E-state index in [9.17, 15) is 0 Å². The van der Waals surface area contributed by atoms with Crippen LogP contribution in [0.3, 0.4) is 0 Å². The molecule has 0 saturated carbocycles. The van der Waals surface area contributed by atoms with Gasteiger partial charge in [-0.05, 0) is 26.2 Å². The number of hydrogen-bond acceptors (Lipinski definition) is 4. The highest BCUT2D eigenvalue weighted by molar-refractivity contribution is 7.11. The summed E-state index contributed by atoms with van der Waals surface area (Å²) < 4.78 is 0. The van der Waals surface area contributed by atoms with Gasteiger partial charge < -0.3 is 5.32 Å². The second-order valence-corrected chi connectivity index (χ2v) is 7.02. The van der Waals surface area contributed by atoms with Gasteiger partial charge in [-0.1, -0.05) is 20.8 Å². The molecule has 3 nitrogen and oxygen atoms in total. The van der Waals surface area contributed by atoms with Crippen molar-refractivity contribution in [1.29, 1.82) is 0 Å². The third-order valence-electron chi connectivity index (χ3n) is 4.57. The monoisotopic (exact) mass is 281 g/mol. The molecule has 19 heavy (non-hydrogen) atoms. The van der Waals surface area contributed by atoms with Crippen molar-refractivity contribution in [2.24, 2.45) is 0 Å². The summed E-state index contributed by atoms with van der Waals surface area (Å²) in [6.45, 7) is 12.3. The Morgan fingerprint density at radius 2 is 2.16 bits per heavy atom. The smallest absolute Gasteiger partial charge is 0.107 e. The van der Waals surface area contributed by atoms with Crippen molar-refractivity contribution in [2.45, 2.75) is 65.1 Å². The third kappa shape index (κ3) is 3.36. The van der Waals surface area contributed by atoms with Crippen molar-refractivity contribution in [3.8, 4) is 0 Å². The van der Waals surface area contributed by atoms with Crippen LogP contribution in [0, 0.1) is 6.92 Å². The molecule has 1 aliphatic rings. The Morgan fingerprint density at radius 1 is 1.42 bits per heavy atom. The molecule has 1 saturated heterocycles. The molecule has 1 N–H and O–H groups in total. The molecule has 4 heteroatoms. The van der Waals surface area contributed by atoms with Crippen molar-refractivity contribution >= 4 is 11.3 Å². The van der Waals surface area contributed by atoms with E-state index in [1.54, 1.807) is 0 Å². The fraction of sp³-hybridized carbons (Fsp3) is 0.800. The van der Waals surface area contributed by atoms with Crippen LogP contribution >= 0.6 is 11.3 Å². The number of aromatic nitrogens is 1. The van der Waals surface area contributed by atoms with Gasteiger partial charge in [-0.15, -0.1) is 11.3 Å². The molecule has 1 unspecified atom stereocenters. The van der Waals surface area contributed by atoms with E-state index in [-0.39, 0.29) is 0 Å². The summed E-state index contributed by atoms with van der Waals surface area (Å²) >= 11 is 1.84. The summed E-state index contributed by atoms with van der Waals surface area (Å²) in [4.78, 5) is 8.49. The van der Waals surface area contributed by atoms with Crippen molar-refractivity contribution in [2.75, 3.05) is 13.1 Å². The van der Waals surface area contributed by atoms with Gasteiger partial charge in [0, 0.05) is 35.7 Å². The van der Waals surface area contributed by atoms with Crippen LogP contribution in [-0.4, -0.2) is 34.6 Å². The molecular weight excluding hydrogens is 254 g/mol. The minimum Gasteiger partial charge on any atom is -0.308 e. The number of aryl methyl sites for hydroxylation is 1. The summed E-state index contributed by atoms with van der Waals surface area (Å²) in [5, 5.41) is 5.06. The Hall–Kier alpha value is -0.450. The Balaban J connectivity index is 2.09. The van der Waals surface area contributed by atoms with Gasteiger partial charge in [0.05, 0.1) is 6.54 Å². The topological polar surface area (TPSA) is 28.2 Å². The maximum absolute atomic E-state index is 4.53. The zero-order valence-electron chi connectivity index (χ0n) is 12.7. The average molecular weight is 281 g/mol. The van der Waals surface area contributed by atoms with Gasteiger partial charge in [0.15, 0.2) is 0 Å². The first kappa shape index (κ1) is 14.9. The van der Waals surface area contributed by atoms with Gasteiger partial charge in [-0.2, -0.15) is 0 Å². The predicted molar refractivity (Wildman–Crippen MR) is 82.7 cm³/mol. The number of nitrogens with zero attached hydrogens (tertiary/aromatic N) is 2. The van der Waals surface area contributed by atoms with E-state index in [0.29, 0.717) is 11.6 Å². The molecule has 2 rings (SSSR count). The number of hydrogen-bond donors (Lipinski definition) is 1. The van der Waals surface area contributed by atoms with Crippen molar-refractivity contribution < 1.29 is 0 Å². The molecule has 2 heterocycles. The lowest BCUT2D eigenvalue weighted by Crippen LogP contribution is -2.63. The summed E-state index contributed by atoms with van der Waals surface area (Å²) in [5.41, 5.74) is 0.304. The SMILES string of the molecule is CCC1CNC(CC)(CC)CN1Cc1ncc(C)s1. The minimum absolute atomic E-state index is 0.304. The number of thiazole rings is 1. The van der Waals surface area contributed by atoms with Crippen molar-refractivity contribution in [3.63, 3.8) is 0 Å². The Labute approximate surface area is 121 Å². The number of rotatable bonds is 5. The van der Waals surface area contributed by atoms with Gasteiger partial charge in [-0.25, -0.2) is 4.98 Å². The fourth-order valence-electron chi connectivity index (χ4n) is 3.00. The lowest BCUT2D eigenvalue weighted by Gasteiger charge is -2.47. The van der Waals surface area contributed by atoms with Crippen LogP contribution in [0.1, 0.15) is 49.9 Å². The lowest BCUT2D eigenvalue weighted by molar-refractivity contribution is 0.0643. The molecule has 0 bridgehead atoms. The molecule has 108 valence electrons. The normalized spacial score (nSPS) is 23.7. The number of piperazine rings is 1. The molecule has 0 radical (unpaired) electrons. The van der Waals surface area contributed by atoms with Crippen LogP contribution in [-0.2, 0) is 6.54 Å². The molecule has 0 aliphatic carbocycles. The summed E-state index contributed by atoms with van der Waals surface area (Å²) in [6.07, 6.45) is 5.61. The van der Waals surface area contributed by atoms with Gasteiger partial charge in [0.2, 0.25) is 0 Å². The van der Waals surface area contributed by atoms with E-state index in [2.05, 4.69) is 42.9 Å². The number of nitrogens with one attached hydrogen (secondary N) is 1. The van der Waals surface area contributed by atoms with E-state index >= 15 is 0 Å². The van der Waals surface area contributed by atoms with Crippen molar-refractivity contribution in [1.82, 2.24) is 15.2 Å². The molecule has 0 aromatic carbocycles. The van der Waals surface area contributed by atoms with Gasteiger partial charge in [0.25, 0.3) is 0 Å². The van der Waals surface area contributed by atoms with Gasteiger partial charge in [0.1, 0.15) is 5.01 Å². The summed E-state index contributed by atoms with van der Waals surface area (Å²) in [7, 11) is 0. The molecule has 0 amide bonds. The van der Waals surface area contributed by atoms with Crippen LogP contribution in [0.4, 0.5) is 0 Å². The predicted octanol–water partition coefficient (Wildman–Crippen LogP) is 3.19. The Kier molecular flexibility index (Phi) is 4.98. The summed E-state index contributed by atoms with van der Waals surface area (Å²) in [6, 6.07) is 0.649. The quantitative estimate of drug-likeness (QED) is 0.898. The van der Waals surface area contributed by atoms with Crippen LogP contribution in [0.25, 0.3) is 0 Å². The van der Waals surface area contributed by atoms with Crippen LogP contribution in [0.2, 0.25) is 0 Å². The van der Waals surface area contributed by atoms with E-state index in [1.165, 1.54) is 29.1 Å². The molecule has 0 spiro atoms. The zero-order chi connectivity index (χ0) is 13.9. The second kappa shape index (κ2) is 6.33. The van der Waals surface area contributed by atoms with E-state index in [4.69, 9.17) is 0 Å². The lowest BCUT2D eigenvalue weighted by atomic mass is 9.88. The maximum Gasteiger partial charge on any atom is 0.107 e. The molecule has 1 fully saturated rings. The zero-order valence-corrected chi connectivity index (χ0v) is 13.5. The average Bonchev–Trinajstić information content (AvgIpc) is 2.84. The highest BCUT2D eigenvalue weighted by Crippen LogP contribution is 2.26. The van der Waals surface area contributed by atoms with Crippen LogP contribution < -0.4 is 5.32 Å². The molecule has 1 aliphatic heterocycles. The van der Waals surface area contributed by atoms with E-state index < -0.39 is 0 Å². The molecule has 1 aromatic rings. The highest BCUT2D eigenvalue weighted by Gasteiger charge is 2.36. The molecule has 1 atom stereocenters. The van der Waals surface area contributed by atoms with Gasteiger partial charge in [-0.3, -0.25) is 4.90 Å². The largest absolute Gasteiger partial charge is 0.308 e. The first-order chi connectivity index (χ1) is 9.12. The first-order valence-corrected chi connectivity index (χ1v) is 8.34. The highest BCUT2D eigenvalue weighted by atomic mass is 32.1. The van der Waals surface area contributed by atoms with E-state index in [1.807, 2.05) is 17.5 Å². The van der Waals surface area contributed by atoms with Crippen LogP contribution in [0.15, 0.2) is 6.20 Å². The fourth-order valence-corrected chi connectivity index (χ4v) is 3.81. The standard InChI is InChI=1S/C15H27N3S/c1-5-13-9-17-15(6-2,7-3)11-18(13)10-14-16-8-12(4)19-14/h8,13,17H,5-7,9-11H2,1-4H3. The van der Waals surface area contributed by atoms with Crippen LogP contribution in [0.5, 0.6) is 0 Å². The summed E-state index contributed by atoms with van der Waals surface area (Å²) in [5.74, 6) is 0. The first-order valence-electron chi connectivity index (χ1n) is 7.52. The van der Waals surface area contributed by atoms with Gasteiger partial charge >= 0.3 is 0 Å². The minimum atomic E-state index is 0.304. The Bertz CT molecular complexity index is 398. The maximum atomic E-state index is 4.53. The molecular formula is C15H27N3S. The van der Waals surface area contributed by atoms with E-state index in [0.717, 1.165) is 19.6 Å². The Morgan fingerprint density at radius 3 is 2.68 bits per heavy atom.